The van der Waals surface area contributed by atoms with E-state index < -0.39 is 0 Å². The Morgan fingerprint density at radius 3 is 2.70 bits per heavy atom. The van der Waals surface area contributed by atoms with Crippen LogP contribution in [0.4, 0.5) is 11.6 Å². The van der Waals surface area contributed by atoms with Gasteiger partial charge in [0.2, 0.25) is 0 Å². The summed E-state index contributed by atoms with van der Waals surface area (Å²) in [6.07, 6.45) is 6.00. The zero-order chi connectivity index (χ0) is 14.1. The van der Waals surface area contributed by atoms with Crippen LogP contribution >= 0.6 is 15.9 Å². The van der Waals surface area contributed by atoms with Crippen molar-refractivity contribution in [2.24, 2.45) is 0 Å². The molecule has 0 saturated carbocycles. The molecule has 2 aromatic rings. The van der Waals surface area contributed by atoms with Crippen LogP contribution in [0, 0.1) is 6.92 Å². The summed E-state index contributed by atoms with van der Waals surface area (Å²) in [7, 11) is 0. The second kappa shape index (κ2) is 5.44. The second-order valence-electron chi connectivity index (χ2n) is 5.26. The molecular weight excluding hydrogens is 318 g/mol. The Morgan fingerprint density at radius 2 is 2.10 bits per heavy atom. The van der Waals surface area contributed by atoms with Gasteiger partial charge in [-0.1, -0.05) is 0 Å². The maximum absolute atomic E-state index is 5.68. The summed E-state index contributed by atoms with van der Waals surface area (Å²) in [4.78, 5) is 6.87. The van der Waals surface area contributed by atoms with E-state index in [2.05, 4.69) is 43.9 Å². The highest BCUT2D eigenvalue weighted by atomic mass is 79.9. The minimum Gasteiger partial charge on any atom is -0.382 e. The highest BCUT2D eigenvalue weighted by Crippen LogP contribution is 2.30. The smallest absolute Gasteiger partial charge is 0.145 e. The maximum Gasteiger partial charge on any atom is 0.145 e. The lowest BCUT2D eigenvalue weighted by Crippen LogP contribution is -2.35. The third-order valence-electron chi connectivity index (χ3n) is 3.73. The van der Waals surface area contributed by atoms with Crippen molar-refractivity contribution in [3.8, 4) is 0 Å². The Labute approximate surface area is 126 Å². The third kappa shape index (κ3) is 2.65. The van der Waals surface area contributed by atoms with Crippen molar-refractivity contribution < 1.29 is 0 Å². The molecule has 1 aliphatic rings. The lowest BCUT2D eigenvalue weighted by molar-refractivity contribution is 0.366. The van der Waals surface area contributed by atoms with Crippen LogP contribution in [-0.4, -0.2) is 27.9 Å². The molecule has 1 fully saturated rings. The van der Waals surface area contributed by atoms with Crippen molar-refractivity contribution in [2.45, 2.75) is 25.8 Å². The summed E-state index contributed by atoms with van der Waals surface area (Å²) in [5.41, 5.74) is 6.85. The third-order valence-corrected chi connectivity index (χ3v) is 4.31. The molecule has 0 aliphatic carbocycles. The molecule has 5 nitrogen and oxygen atoms in total. The molecule has 0 radical (unpaired) electrons. The molecular formula is C14H18BrN5. The molecule has 3 rings (SSSR count). The van der Waals surface area contributed by atoms with Crippen molar-refractivity contribution >= 4 is 27.6 Å². The van der Waals surface area contributed by atoms with Gasteiger partial charge in [0.25, 0.3) is 0 Å². The minimum atomic E-state index is 0.438. The van der Waals surface area contributed by atoms with E-state index in [4.69, 9.17) is 5.73 Å². The van der Waals surface area contributed by atoms with E-state index in [-0.39, 0.29) is 0 Å². The predicted molar refractivity (Wildman–Crippen MR) is 83.8 cm³/mol. The van der Waals surface area contributed by atoms with E-state index in [0.717, 1.165) is 36.2 Å². The number of nitrogens with zero attached hydrogens (tertiary/aromatic N) is 4. The van der Waals surface area contributed by atoms with E-state index in [1.54, 1.807) is 0 Å². The van der Waals surface area contributed by atoms with Crippen LogP contribution in [0.5, 0.6) is 0 Å². The number of anilines is 2. The molecule has 1 aliphatic heterocycles. The summed E-state index contributed by atoms with van der Waals surface area (Å²) in [5.74, 6) is 1.63. The first-order valence-electron chi connectivity index (χ1n) is 6.81. The number of hydrogen-bond donors (Lipinski definition) is 1. The lowest BCUT2D eigenvalue weighted by atomic mass is 10.1. The average molecular weight is 336 g/mol. The molecule has 0 unspecified atom stereocenters. The van der Waals surface area contributed by atoms with Gasteiger partial charge in [0.1, 0.15) is 11.6 Å². The van der Waals surface area contributed by atoms with E-state index in [1.165, 1.54) is 5.56 Å². The first kappa shape index (κ1) is 13.4. The standard InChI is InChI=1S/C14H18BrN5/c1-10-8-12(15)14(17-9-10)19-5-2-11(3-6-19)20-7-4-13(16)18-20/h4,7-9,11H,2-3,5-6H2,1H3,(H2,16,18). The normalized spacial score (nSPS) is 16.6. The molecule has 106 valence electrons. The Morgan fingerprint density at radius 1 is 1.35 bits per heavy atom. The summed E-state index contributed by atoms with van der Waals surface area (Å²) >= 11 is 3.61. The number of rotatable bonds is 2. The average Bonchev–Trinajstić information content (AvgIpc) is 2.86. The maximum atomic E-state index is 5.68. The molecule has 3 heterocycles. The van der Waals surface area contributed by atoms with Crippen LogP contribution in [0.3, 0.4) is 0 Å². The minimum absolute atomic E-state index is 0.438. The van der Waals surface area contributed by atoms with Gasteiger partial charge in [-0.15, -0.1) is 0 Å². The summed E-state index contributed by atoms with van der Waals surface area (Å²) in [6.45, 7) is 4.02. The largest absolute Gasteiger partial charge is 0.382 e. The van der Waals surface area contributed by atoms with Crippen LogP contribution in [-0.2, 0) is 0 Å². The predicted octanol–water partition coefficient (Wildman–Crippen LogP) is 2.77. The quantitative estimate of drug-likeness (QED) is 0.916. The molecule has 2 N–H and O–H groups in total. The Bertz CT molecular complexity index is 601. The van der Waals surface area contributed by atoms with Crippen molar-refractivity contribution in [1.82, 2.24) is 14.8 Å². The summed E-state index contributed by atoms with van der Waals surface area (Å²) in [5, 5.41) is 4.31. The topological polar surface area (TPSA) is 60.0 Å². The first-order chi connectivity index (χ1) is 9.63. The lowest BCUT2D eigenvalue weighted by Gasteiger charge is -2.33. The molecule has 2 aromatic heterocycles. The van der Waals surface area contributed by atoms with Crippen LogP contribution in [0.2, 0.25) is 0 Å². The molecule has 0 amide bonds. The molecule has 0 aromatic carbocycles. The molecule has 0 atom stereocenters. The number of pyridine rings is 1. The van der Waals surface area contributed by atoms with E-state index >= 15 is 0 Å². The number of aromatic nitrogens is 3. The summed E-state index contributed by atoms with van der Waals surface area (Å²) in [6, 6.07) is 4.40. The first-order valence-corrected chi connectivity index (χ1v) is 7.60. The molecule has 20 heavy (non-hydrogen) atoms. The number of aryl methyl sites for hydroxylation is 1. The number of hydrogen-bond acceptors (Lipinski definition) is 4. The Hall–Kier alpha value is -1.56. The summed E-state index contributed by atoms with van der Waals surface area (Å²) < 4.78 is 3.06. The van der Waals surface area contributed by atoms with Crippen molar-refractivity contribution in [3.05, 3.63) is 34.6 Å². The van der Waals surface area contributed by atoms with Gasteiger partial charge in [-0.3, -0.25) is 4.68 Å². The van der Waals surface area contributed by atoms with Gasteiger partial charge in [-0.2, -0.15) is 5.10 Å². The van der Waals surface area contributed by atoms with E-state index in [0.29, 0.717) is 11.9 Å². The van der Waals surface area contributed by atoms with Gasteiger partial charge in [0, 0.05) is 25.5 Å². The van der Waals surface area contributed by atoms with Gasteiger partial charge < -0.3 is 10.6 Å². The monoisotopic (exact) mass is 335 g/mol. The number of halogens is 1. The fourth-order valence-electron chi connectivity index (χ4n) is 2.66. The SMILES string of the molecule is Cc1cnc(N2CCC(n3ccc(N)n3)CC2)c(Br)c1. The second-order valence-corrected chi connectivity index (χ2v) is 6.11. The molecule has 6 heteroatoms. The van der Waals surface area contributed by atoms with E-state index in [1.807, 2.05) is 23.1 Å². The van der Waals surface area contributed by atoms with Crippen LogP contribution in [0.1, 0.15) is 24.4 Å². The highest BCUT2D eigenvalue weighted by Gasteiger charge is 2.23. The fraction of sp³-hybridized carbons (Fsp3) is 0.429. The van der Waals surface area contributed by atoms with Gasteiger partial charge >= 0.3 is 0 Å². The van der Waals surface area contributed by atoms with E-state index in [9.17, 15) is 0 Å². The zero-order valence-corrected chi connectivity index (χ0v) is 13.0. The van der Waals surface area contributed by atoms with Gasteiger partial charge in [-0.05, 0) is 53.4 Å². The highest BCUT2D eigenvalue weighted by molar-refractivity contribution is 9.10. The van der Waals surface area contributed by atoms with Crippen molar-refractivity contribution in [3.63, 3.8) is 0 Å². The Balaban J connectivity index is 1.69. The molecule has 0 spiro atoms. The molecule has 0 bridgehead atoms. The fourth-order valence-corrected chi connectivity index (χ4v) is 3.37. The zero-order valence-electron chi connectivity index (χ0n) is 11.5. The van der Waals surface area contributed by atoms with Gasteiger partial charge in [0.15, 0.2) is 0 Å². The van der Waals surface area contributed by atoms with Crippen LogP contribution in [0.15, 0.2) is 29.0 Å². The van der Waals surface area contributed by atoms with Crippen LogP contribution < -0.4 is 10.6 Å². The van der Waals surface area contributed by atoms with Gasteiger partial charge in [-0.25, -0.2) is 4.98 Å². The van der Waals surface area contributed by atoms with Crippen LogP contribution in [0.25, 0.3) is 0 Å². The van der Waals surface area contributed by atoms with Crippen molar-refractivity contribution in [1.29, 1.82) is 0 Å². The van der Waals surface area contributed by atoms with Crippen molar-refractivity contribution in [2.75, 3.05) is 23.7 Å². The number of nitrogens with two attached hydrogens (primary N) is 1. The number of piperidine rings is 1. The Kier molecular flexibility index (Phi) is 3.65. The number of nitrogen functional groups attached to an aromatic ring is 1. The van der Waals surface area contributed by atoms with Gasteiger partial charge in [0.05, 0.1) is 10.5 Å². The molecule has 1 saturated heterocycles.